The summed E-state index contributed by atoms with van der Waals surface area (Å²) >= 11 is 0. The highest BCUT2D eigenvalue weighted by Gasteiger charge is 2.39. The Bertz CT molecular complexity index is 2710. The summed E-state index contributed by atoms with van der Waals surface area (Å²) in [6.07, 6.45) is 2.99. The van der Waals surface area contributed by atoms with Gasteiger partial charge in [-0.15, -0.1) is 0 Å². The van der Waals surface area contributed by atoms with Crippen LogP contribution in [0.1, 0.15) is 150 Å². The van der Waals surface area contributed by atoms with Gasteiger partial charge < -0.3 is 130 Å². The Morgan fingerprint density at radius 2 is 0.760 bits per heavy atom. The molecule has 1 saturated heterocycles. The van der Waals surface area contributed by atoms with Crippen LogP contribution in [0, 0.1) is 38.9 Å². The molecule has 0 aliphatic carbocycles. The van der Waals surface area contributed by atoms with Gasteiger partial charge in [0.1, 0.15) is 54.4 Å². The summed E-state index contributed by atoms with van der Waals surface area (Å²) in [4.78, 5) is 154. The van der Waals surface area contributed by atoms with Gasteiger partial charge in [-0.05, 0) is 141 Å². The van der Waals surface area contributed by atoms with E-state index in [0.29, 0.717) is 45.1 Å². The number of nitrogens with two attached hydrogens (primary N) is 8. The molecule has 40 heteroatoms. The molecule has 0 unspecified atom stereocenters. The molecule has 1 rings (SSSR count). The normalized spacial score (nSPS) is 15.2. The first-order chi connectivity index (χ1) is 47.2. The quantitative estimate of drug-likeness (QED) is 0.0153. The van der Waals surface area contributed by atoms with Crippen LogP contribution in [-0.2, 0) is 52.7 Å². The van der Waals surface area contributed by atoms with Crippen molar-refractivity contribution < 1.29 is 57.8 Å². The van der Waals surface area contributed by atoms with E-state index in [1.807, 2.05) is 0 Å². The molecule has 40 nitrogen and oxygen atoms in total. The number of hydrogen-bond acceptors (Lipinski definition) is 19. The molecule has 0 radical (unpaired) electrons. The molecular weight excluding hydrogens is 1300 g/mol. The second kappa shape index (κ2) is 49.0. The first-order valence-electron chi connectivity index (χ1n) is 34.0. The minimum atomic E-state index is -1.47. The highest BCUT2D eigenvalue weighted by Crippen LogP contribution is 2.19. The molecule has 0 aromatic rings. The molecular formula is C60H116N28O12. The third-order valence-electron chi connectivity index (χ3n) is 15.8. The molecule has 36 N–H and O–H groups in total. The molecule has 0 bridgehead atoms. The van der Waals surface area contributed by atoms with Gasteiger partial charge in [0.05, 0.1) is 12.6 Å². The van der Waals surface area contributed by atoms with Gasteiger partial charge in [-0.1, -0.05) is 34.1 Å². The van der Waals surface area contributed by atoms with Crippen molar-refractivity contribution in [3.63, 3.8) is 0 Å². The van der Waals surface area contributed by atoms with Gasteiger partial charge in [-0.25, -0.2) is 4.79 Å². The fraction of sp³-hybridized carbons (Fsp3) is 0.733. The van der Waals surface area contributed by atoms with Crippen molar-refractivity contribution in [2.24, 2.45) is 57.7 Å². The number of likely N-dealkylation sites (tertiary alicyclic amines) is 1. The van der Waals surface area contributed by atoms with Crippen molar-refractivity contribution in [1.29, 1.82) is 27.0 Å². The standard InChI is InChI=1S/C60H116N28O12/c1-33(2)31-42(86-52(96)40(20-12-28-77-59(70)71)84-54(98)45(34(3)4)87-46(90)35(63)15-5-7-23-61)47(91)79-32-44(89)88-30-14-22-43(88)53(97)83-36(16-6-8-24-62)48(92)80-37(17-9-25-74-56(64)65)49(93)81-38(18-10-26-75-57(66)67)50(94)82-39(19-11-27-76-58(68)69)51(95)85-41(55(99)100)21-13-29-78-60(72)73/h33-43,45H,5-32,61-63H2,1-4H3,(H,79,91)(H,80,92)(H,81,93)(H,82,94)(H,83,97)(H,84,98)(H,85,95)(H,86,96)(H,87,90)(H,99,100)(H4,64,65,74)(H4,66,67,75)(H4,68,69,76)(H4,70,71,77)(H4,72,73,78)/t35-,36-,37-,38-,39-,40-,41+,42-,43-,45-/m0/s1. The van der Waals surface area contributed by atoms with E-state index >= 15 is 0 Å². The zero-order chi connectivity index (χ0) is 75.4. The Kier molecular flexibility index (Phi) is 43.3. The fourth-order valence-electron chi connectivity index (χ4n) is 10.5. The molecule has 0 spiro atoms. The molecule has 10 atom stereocenters. The fourth-order valence-corrected chi connectivity index (χ4v) is 10.5. The lowest BCUT2D eigenvalue weighted by atomic mass is 10.00. The largest absolute Gasteiger partial charge is 0.480 e. The summed E-state index contributed by atoms with van der Waals surface area (Å²) in [5.74, 6) is -11.7. The topological polar surface area (TPSA) is 707 Å². The number of nitrogens with zero attached hydrogens (tertiary/aromatic N) is 1. The van der Waals surface area contributed by atoms with Crippen LogP contribution >= 0.6 is 0 Å². The summed E-state index contributed by atoms with van der Waals surface area (Å²) in [6.45, 7) is 7.48. The van der Waals surface area contributed by atoms with Crippen LogP contribution in [-0.4, -0.2) is 224 Å². The SMILES string of the molecule is CC(C)C[C@H](NC(=O)[C@H](CCCNC(=N)N)NC(=O)[C@@H](NC(=O)[C@@H](N)CCCCN)C(C)C)C(=O)NCC(=O)N1CCC[C@H]1C(=O)N[C@@H](CCCCN)C(=O)N[C@@H](CCCNC(=N)N)C(=O)N[C@@H](CCCNC(=N)N)C(=O)N[C@@H](CCCNC(=N)N)C(=O)N[C@H](CCCNC(=N)N)C(=O)O. The Labute approximate surface area is 583 Å². The predicted molar refractivity (Wildman–Crippen MR) is 375 cm³/mol. The maximum Gasteiger partial charge on any atom is 0.326 e. The van der Waals surface area contributed by atoms with Crippen LogP contribution in [0.15, 0.2) is 0 Å². The molecule has 0 aromatic heterocycles. The van der Waals surface area contributed by atoms with Crippen molar-refractivity contribution >= 4 is 94.8 Å². The van der Waals surface area contributed by atoms with E-state index in [9.17, 15) is 57.8 Å². The molecule has 0 aromatic carbocycles. The van der Waals surface area contributed by atoms with E-state index in [4.69, 9.17) is 72.9 Å². The van der Waals surface area contributed by atoms with Gasteiger partial charge in [0.2, 0.25) is 59.1 Å². The van der Waals surface area contributed by atoms with Gasteiger partial charge in [0.25, 0.3) is 0 Å². The first-order valence-corrected chi connectivity index (χ1v) is 34.0. The monoisotopic (exact) mass is 1420 g/mol. The maximum absolute atomic E-state index is 14.6. The molecule has 568 valence electrons. The Morgan fingerprint density at radius 1 is 0.420 bits per heavy atom. The number of guanidine groups is 5. The average molecular weight is 1420 g/mol. The van der Waals surface area contributed by atoms with E-state index in [0.717, 1.165) is 0 Å². The molecule has 100 heavy (non-hydrogen) atoms. The van der Waals surface area contributed by atoms with Crippen molar-refractivity contribution in [3.05, 3.63) is 0 Å². The average Bonchev–Trinajstić information content (AvgIpc) is 1.60. The molecule has 1 aliphatic rings. The smallest absolute Gasteiger partial charge is 0.326 e. The number of rotatable bonds is 51. The third-order valence-corrected chi connectivity index (χ3v) is 15.8. The van der Waals surface area contributed by atoms with E-state index in [1.165, 1.54) is 4.90 Å². The van der Waals surface area contributed by atoms with Crippen LogP contribution in [0.25, 0.3) is 0 Å². The summed E-state index contributed by atoms with van der Waals surface area (Å²) in [5, 5.41) is 84.4. The second-order valence-corrected chi connectivity index (χ2v) is 25.2. The van der Waals surface area contributed by atoms with Crippen LogP contribution in [0.5, 0.6) is 0 Å². The number of carboxylic acid groups (broad SMARTS) is 1. The number of unbranched alkanes of at least 4 members (excludes halogenated alkanes) is 2. The Hall–Kier alpha value is -9.60. The number of carboxylic acids is 1. The lowest BCUT2D eigenvalue weighted by Gasteiger charge is -2.29. The first kappa shape index (κ1) is 88.4. The van der Waals surface area contributed by atoms with Gasteiger partial charge in [0, 0.05) is 39.3 Å². The summed E-state index contributed by atoms with van der Waals surface area (Å²) in [6, 6.07) is -12.8. The summed E-state index contributed by atoms with van der Waals surface area (Å²) in [5.41, 5.74) is 44.8. The Balaban J connectivity index is 3.57. The van der Waals surface area contributed by atoms with E-state index in [-0.39, 0.29) is 153 Å². The van der Waals surface area contributed by atoms with E-state index in [1.54, 1.807) is 27.7 Å². The molecule has 1 heterocycles. The minimum Gasteiger partial charge on any atom is -0.480 e. The van der Waals surface area contributed by atoms with Crippen molar-refractivity contribution in [2.75, 3.05) is 58.9 Å². The Morgan fingerprint density at radius 3 is 1.12 bits per heavy atom. The summed E-state index contributed by atoms with van der Waals surface area (Å²) in [7, 11) is 0. The van der Waals surface area contributed by atoms with Gasteiger partial charge in [-0.3, -0.25) is 75.0 Å². The van der Waals surface area contributed by atoms with Crippen LogP contribution in [0.2, 0.25) is 0 Å². The number of amides is 10. The van der Waals surface area contributed by atoms with Crippen molar-refractivity contribution in [2.45, 2.75) is 210 Å². The maximum atomic E-state index is 14.6. The molecule has 1 aliphatic heterocycles. The van der Waals surface area contributed by atoms with Crippen LogP contribution in [0.3, 0.4) is 0 Å². The lowest BCUT2D eigenvalue weighted by Crippen LogP contribution is -2.60. The van der Waals surface area contributed by atoms with Gasteiger partial charge in [-0.2, -0.15) is 0 Å². The lowest BCUT2D eigenvalue weighted by molar-refractivity contribution is -0.142. The molecule has 10 amide bonds. The van der Waals surface area contributed by atoms with Crippen LogP contribution < -0.4 is 120 Å². The molecule has 0 saturated carbocycles. The third kappa shape index (κ3) is 37.4. The number of aliphatic carboxylic acids is 1. The van der Waals surface area contributed by atoms with Crippen LogP contribution in [0.4, 0.5) is 0 Å². The number of hydrogen-bond donors (Lipinski definition) is 28. The predicted octanol–water partition coefficient (Wildman–Crippen LogP) is -7.34. The van der Waals surface area contributed by atoms with Crippen molar-refractivity contribution in [1.82, 2.24) is 79.3 Å². The highest BCUT2D eigenvalue weighted by molar-refractivity contribution is 5.99. The number of carbonyl (C=O) groups excluding carboxylic acids is 10. The number of nitrogens with one attached hydrogen (secondary N) is 19. The summed E-state index contributed by atoms with van der Waals surface area (Å²) < 4.78 is 0. The number of carbonyl (C=O) groups is 11. The van der Waals surface area contributed by atoms with Gasteiger partial charge >= 0.3 is 5.97 Å². The van der Waals surface area contributed by atoms with Crippen molar-refractivity contribution in [3.8, 4) is 0 Å². The zero-order valence-corrected chi connectivity index (χ0v) is 58.2. The molecule has 1 fully saturated rings. The van der Waals surface area contributed by atoms with Gasteiger partial charge in [0.15, 0.2) is 29.8 Å². The second-order valence-electron chi connectivity index (χ2n) is 25.2. The van der Waals surface area contributed by atoms with E-state index < -0.39 is 150 Å². The van der Waals surface area contributed by atoms with E-state index in [2.05, 4.69) is 74.4 Å². The zero-order valence-electron chi connectivity index (χ0n) is 58.2. The highest BCUT2D eigenvalue weighted by atomic mass is 16.4. The minimum absolute atomic E-state index is 0.000230.